The van der Waals surface area contributed by atoms with E-state index in [1.165, 1.54) is 77.0 Å². The molecule has 2 unspecified atom stereocenters. The van der Waals surface area contributed by atoms with Crippen LogP contribution in [0.5, 0.6) is 0 Å². The van der Waals surface area contributed by atoms with Crippen molar-refractivity contribution in [1.29, 1.82) is 0 Å². The summed E-state index contributed by atoms with van der Waals surface area (Å²) in [4.78, 5) is 0. The zero-order valence-electron chi connectivity index (χ0n) is 19.5. The summed E-state index contributed by atoms with van der Waals surface area (Å²) in [5.41, 5.74) is 0. The van der Waals surface area contributed by atoms with E-state index in [9.17, 15) is 0 Å². The third-order valence-corrected chi connectivity index (χ3v) is 9.52. The Morgan fingerprint density at radius 3 is 1.59 bits per heavy atom. The second-order valence-corrected chi connectivity index (χ2v) is 11.2. The summed E-state index contributed by atoms with van der Waals surface area (Å²) in [6.07, 6.45) is 29.3. The first-order chi connectivity index (χ1) is 14.3. The predicted molar refractivity (Wildman–Crippen MR) is 124 cm³/mol. The summed E-state index contributed by atoms with van der Waals surface area (Å²) in [7, 11) is 0. The Morgan fingerprint density at radius 2 is 1.10 bits per heavy atom. The number of rotatable bonds is 6. The Morgan fingerprint density at radius 1 is 0.621 bits per heavy atom. The molecule has 0 N–H and O–H groups in total. The van der Waals surface area contributed by atoms with E-state index in [-0.39, 0.29) is 0 Å². The van der Waals surface area contributed by atoms with Gasteiger partial charge in [-0.05, 0) is 139 Å². The molecule has 0 aromatic heterocycles. The zero-order valence-corrected chi connectivity index (χ0v) is 19.5. The van der Waals surface area contributed by atoms with Gasteiger partial charge in [-0.2, -0.15) is 0 Å². The molecular formula is C28H48O. The quantitative estimate of drug-likeness (QED) is 0.407. The van der Waals surface area contributed by atoms with E-state index in [1.807, 2.05) is 0 Å². The minimum Gasteiger partial charge on any atom is -0.375 e. The van der Waals surface area contributed by atoms with Crippen LogP contribution in [0.4, 0.5) is 0 Å². The monoisotopic (exact) mass is 400 g/mol. The van der Waals surface area contributed by atoms with Gasteiger partial charge in [-0.25, -0.2) is 0 Å². The molecule has 1 heteroatoms. The van der Waals surface area contributed by atoms with Crippen LogP contribution in [0.3, 0.4) is 0 Å². The molecule has 166 valence electrons. The number of hydrogen-bond acceptors (Lipinski definition) is 1. The maximum Gasteiger partial charge on any atom is 0.0608 e. The third kappa shape index (κ3) is 5.69. The van der Waals surface area contributed by atoms with E-state index >= 15 is 0 Å². The highest BCUT2D eigenvalue weighted by Gasteiger charge is 2.37. The summed E-state index contributed by atoms with van der Waals surface area (Å²) in [5, 5.41) is 0. The first kappa shape index (κ1) is 21.9. The van der Waals surface area contributed by atoms with Crippen molar-refractivity contribution in [1.82, 2.24) is 0 Å². The molecule has 1 nitrogen and oxygen atoms in total. The topological polar surface area (TPSA) is 9.23 Å². The second kappa shape index (κ2) is 10.8. The Bertz CT molecular complexity index is 486. The molecular weight excluding hydrogens is 352 g/mol. The van der Waals surface area contributed by atoms with Crippen LogP contribution in [0.1, 0.15) is 117 Å². The molecule has 0 spiro atoms. The molecule has 1 heterocycles. The molecule has 1 saturated heterocycles. The zero-order chi connectivity index (χ0) is 20.1. The highest BCUT2D eigenvalue weighted by Crippen LogP contribution is 2.47. The Balaban J connectivity index is 1.15. The molecule has 0 aromatic rings. The van der Waals surface area contributed by atoms with Gasteiger partial charge < -0.3 is 4.74 Å². The normalized spacial score (nSPS) is 44.3. The first-order valence-electron chi connectivity index (χ1n) is 13.5. The SMILES string of the molecule is CC=CC1CCC(C2CCC(C3CCC(C4CCC(CCC)O4)CC3)CC2)CC1. The smallest absolute Gasteiger partial charge is 0.0608 e. The summed E-state index contributed by atoms with van der Waals surface area (Å²) in [6.45, 7) is 4.48. The molecule has 0 aromatic carbocycles. The Hall–Kier alpha value is -0.300. The lowest BCUT2D eigenvalue weighted by Crippen LogP contribution is -2.32. The summed E-state index contributed by atoms with van der Waals surface area (Å²) >= 11 is 0. The molecule has 1 aliphatic heterocycles. The van der Waals surface area contributed by atoms with E-state index in [1.54, 1.807) is 25.7 Å². The maximum atomic E-state index is 6.42. The molecule has 0 radical (unpaired) electrons. The standard InChI is InChI=1S/C28H48O/c1-3-5-21-7-9-22(10-8-21)23-11-13-24(14-12-23)25-15-17-26(18-16-25)28-20-19-27(29-28)6-4-2/h3,5,21-28H,4,6-20H2,1-2H3. The fraction of sp³-hybridized carbons (Fsp3) is 0.929. The molecule has 3 aliphatic carbocycles. The fourth-order valence-electron chi connectivity index (χ4n) is 7.77. The van der Waals surface area contributed by atoms with E-state index < -0.39 is 0 Å². The number of hydrogen-bond donors (Lipinski definition) is 0. The van der Waals surface area contributed by atoms with Crippen molar-refractivity contribution in [2.45, 2.75) is 129 Å². The van der Waals surface area contributed by atoms with Gasteiger partial charge in [-0.3, -0.25) is 0 Å². The summed E-state index contributed by atoms with van der Waals surface area (Å²) in [6, 6.07) is 0. The van der Waals surface area contributed by atoms with Crippen molar-refractivity contribution in [2.24, 2.45) is 35.5 Å². The van der Waals surface area contributed by atoms with E-state index in [0.29, 0.717) is 12.2 Å². The van der Waals surface area contributed by atoms with Crippen LogP contribution in [0.25, 0.3) is 0 Å². The Kier molecular flexibility index (Phi) is 8.18. The van der Waals surface area contributed by atoms with Crippen LogP contribution in [0, 0.1) is 35.5 Å². The van der Waals surface area contributed by atoms with Crippen LogP contribution in [0.15, 0.2) is 12.2 Å². The second-order valence-electron chi connectivity index (χ2n) is 11.2. The molecule has 4 rings (SSSR count). The molecule has 2 atom stereocenters. The van der Waals surface area contributed by atoms with Gasteiger partial charge in [0, 0.05) is 0 Å². The largest absolute Gasteiger partial charge is 0.375 e. The maximum absolute atomic E-state index is 6.42. The predicted octanol–water partition coefficient (Wildman–Crippen LogP) is 8.33. The summed E-state index contributed by atoms with van der Waals surface area (Å²) in [5.74, 6) is 6.01. The van der Waals surface area contributed by atoms with E-state index in [0.717, 1.165) is 35.5 Å². The van der Waals surface area contributed by atoms with Crippen LogP contribution in [-0.2, 0) is 4.74 Å². The van der Waals surface area contributed by atoms with Gasteiger partial charge in [-0.1, -0.05) is 25.5 Å². The van der Waals surface area contributed by atoms with Gasteiger partial charge in [0.2, 0.25) is 0 Å². The molecule has 0 bridgehead atoms. The van der Waals surface area contributed by atoms with Gasteiger partial charge in [-0.15, -0.1) is 0 Å². The molecule has 29 heavy (non-hydrogen) atoms. The highest BCUT2D eigenvalue weighted by atomic mass is 16.5. The highest BCUT2D eigenvalue weighted by molar-refractivity contribution is 4.92. The molecule has 4 aliphatic rings. The van der Waals surface area contributed by atoms with Crippen LogP contribution in [0.2, 0.25) is 0 Å². The van der Waals surface area contributed by atoms with Gasteiger partial charge in [0.25, 0.3) is 0 Å². The lowest BCUT2D eigenvalue weighted by atomic mass is 9.64. The average molecular weight is 401 g/mol. The van der Waals surface area contributed by atoms with Crippen molar-refractivity contribution >= 4 is 0 Å². The van der Waals surface area contributed by atoms with Gasteiger partial charge >= 0.3 is 0 Å². The Labute approximate surface area is 181 Å². The van der Waals surface area contributed by atoms with Crippen molar-refractivity contribution < 1.29 is 4.74 Å². The number of ether oxygens (including phenoxy) is 1. The van der Waals surface area contributed by atoms with Crippen LogP contribution < -0.4 is 0 Å². The average Bonchev–Trinajstić information content (AvgIpc) is 3.24. The lowest BCUT2D eigenvalue weighted by Gasteiger charge is -2.41. The fourth-order valence-corrected chi connectivity index (χ4v) is 7.77. The van der Waals surface area contributed by atoms with Gasteiger partial charge in [0.05, 0.1) is 12.2 Å². The lowest BCUT2D eigenvalue weighted by molar-refractivity contribution is -0.0119. The van der Waals surface area contributed by atoms with Crippen LogP contribution in [-0.4, -0.2) is 12.2 Å². The minimum atomic E-state index is 0.589. The number of allylic oxidation sites excluding steroid dienone is 2. The van der Waals surface area contributed by atoms with Crippen molar-refractivity contribution in [3.8, 4) is 0 Å². The summed E-state index contributed by atoms with van der Waals surface area (Å²) < 4.78 is 6.42. The molecule has 4 fully saturated rings. The van der Waals surface area contributed by atoms with Crippen LogP contribution >= 0.6 is 0 Å². The van der Waals surface area contributed by atoms with Gasteiger partial charge in [0.15, 0.2) is 0 Å². The van der Waals surface area contributed by atoms with E-state index in [4.69, 9.17) is 4.74 Å². The van der Waals surface area contributed by atoms with Crippen molar-refractivity contribution in [3.05, 3.63) is 12.2 Å². The first-order valence-corrected chi connectivity index (χ1v) is 13.5. The van der Waals surface area contributed by atoms with E-state index in [2.05, 4.69) is 26.0 Å². The molecule has 3 saturated carbocycles. The third-order valence-electron chi connectivity index (χ3n) is 9.52. The van der Waals surface area contributed by atoms with Crippen molar-refractivity contribution in [3.63, 3.8) is 0 Å². The van der Waals surface area contributed by atoms with Gasteiger partial charge in [0.1, 0.15) is 0 Å². The van der Waals surface area contributed by atoms with Crippen molar-refractivity contribution in [2.75, 3.05) is 0 Å². The molecule has 0 amide bonds. The minimum absolute atomic E-state index is 0.589.